The van der Waals surface area contributed by atoms with E-state index in [2.05, 4.69) is 0 Å². The third-order valence-electron chi connectivity index (χ3n) is 1.74. The predicted octanol–water partition coefficient (Wildman–Crippen LogP) is 1.28. The van der Waals surface area contributed by atoms with E-state index in [-0.39, 0.29) is 28.3 Å². The summed E-state index contributed by atoms with van der Waals surface area (Å²) in [4.78, 5) is 11.3. The molecule has 3 nitrogen and oxygen atoms in total. The molecule has 0 atom stereocenters. The fraction of sp³-hybridized carbons (Fsp3) is 0. The second kappa shape index (κ2) is 4.10. The number of benzene rings is 1. The van der Waals surface area contributed by atoms with Crippen LogP contribution in [0.3, 0.4) is 0 Å². The van der Waals surface area contributed by atoms with Crippen molar-refractivity contribution in [2.45, 2.75) is 0 Å². The number of rotatable bonds is 0. The Labute approximate surface area is 90.4 Å². The molecule has 0 spiro atoms. The third-order valence-corrected chi connectivity index (χ3v) is 1.74. The normalized spacial score (nSPS) is 9.07. The van der Waals surface area contributed by atoms with Gasteiger partial charge in [-0.25, -0.2) is 0 Å². The fourth-order valence-corrected chi connectivity index (χ4v) is 1.16. The number of nitriles is 1. The number of para-hydroxylation sites is 1. The van der Waals surface area contributed by atoms with E-state index in [1.165, 1.54) is 6.07 Å². The second-order valence-corrected chi connectivity index (χ2v) is 2.58. The molecular formula is C10H5NO2Se. The molecule has 0 aliphatic rings. The Bertz CT molecular complexity index is 554. The van der Waals surface area contributed by atoms with Crippen LogP contribution < -0.4 is 5.43 Å². The number of fused-ring (bicyclic) bond motifs is 1. The van der Waals surface area contributed by atoms with Crippen LogP contribution in [-0.2, 0) is 0 Å². The van der Waals surface area contributed by atoms with Crippen molar-refractivity contribution in [2.24, 2.45) is 0 Å². The van der Waals surface area contributed by atoms with Crippen molar-refractivity contribution in [1.82, 2.24) is 0 Å². The summed E-state index contributed by atoms with van der Waals surface area (Å²) < 4.78 is 5.13. The van der Waals surface area contributed by atoms with Crippen molar-refractivity contribution in [3.63, 3.8) is 0 Å². The zero-order chi connectivity index (χ0) is 9.26. The van der Waals surface area contributed by atoms with Crippen molar-refractivity contribution in [1.29, 1.82) is 5.26 Å². The minimum atomic E-state index is -0.182. The summed E-state index contributed by atoms with van der Waals surface area (Å²) >= 11 is 0. The summed E-state index contributed by atoms with van der Waals surface area (Å²) in [5.41, 5.74) is 0.268. The van der Waals surface area contributed by atoms with Gasteiger partial charge in [-0.05, 0) is 12.1 Å². The van der Waals surface area contributed by atoms with Gasteiger partial charge in [-0.15, -0.1) is 0 Å². The molecule has 68 valence electrons. The summed E-state index contributed by atoms with van der Waals surface area (Å²) in [7, 11) is 0. The van der Waals surface area contributed by atoms with Gasteiger partial charge in [0.15, 0.2) is 5.43 Å². The van der Waals surface area contributed by atoms with Gasteiger partial charge in [-0.2, -0.15) is 5.26 Å². The van der Waals surface area contributed by atoms with Crippen molar-refractivity contribution >= 4 is 28.0 Å². The molecule has 0 saturated carbocycles. The maximum absolute atomic E-state index is 11.3. The Balaban J connectivity index is 0.000000980. The fourth-order valence-electron chi connectivity index (χ4n) is 1.16. The van der Waals surface area contributed by atoms with E-state index in [1.807, 2.05) is 0 Å². The number of hydrogen-bond acceptors (Lipinski definition) is 3. The van der Waals surface area contributed by atoms with Crippen LogP contribution in [-0.4, -0.2) is 17.1 Å². The standard InChI is InChI=1S/C10H5NO2.Se/c11-6-7-5-9(12)8-3-1-2-4-10(8)13-7;/h1-5H;. The van der Waals surface area contributed by atoms with E-state index in [4.69, 9.17) is 9.68 Å². The van der Waals surface area contributed by atoms with Gasteiger partial charge in [-0.1, -0.05) is 12.1 Å². The Morgan fingerprint density at radius 3 is 2.71 bits per heavy atom. The first-order chi connectivity index (χ1) is 6.31. The molecule has 2 rings (SSSR count). The summed E-state index contributed by atoms with van der Waals surface area (Å²) in [6, 6.07) is 9.83. The van der Waals surface area contributed by atoms with Crippen LogP contribution in [0.1, 0.15) is 5.76 Å². The topological polar surface area (TPSA) is 54.0 Å². The molecule has 0 bridgehead atoms. The molecule has 1 heterocycles. The van der Waals surface area contributed by atoms with E-state index in [9.17, 15) is 4.79 Å². The first-order valence-electron chi connectivity index (χ1n) is 3.74. The van der Waals surface area contributed by atoms with Gasteiger partial charge in [-0.3, -0.25) is 4.79 Å². The van der Waals surface area contributed by atoms with Gasteiger partial charge < -0.3 is 4.42 Å². The molecule has 4 heteroatoms. The van der Waals surface area contributed by atoms with Crippen molar-refractivity contribution in [2.75, 3.05) is 0 Å². The van der Waals surface area contributed by atoms with Crippen LogP contribution >= 0.6 is 0 Å². The minimum absolute atomic E-state index is 0. The minimum Gasteiger partial charge on any atom is -0.445 e. The molecule has 0 N–H and O–H groups in total. The predicted molar refractivity (Wildman–Crippen MR) is 53.0 cm³/mol. The van der Waals surface area contributed by atoms with Crippen LogP contribution in [0.5, 0.6) is 0 Å². The molecule has 2 aromatic rings. The maximum atomic E-state index is 11.3. The van der Waals surface area contributed by atoms with Gasteiger partial charge in [0.05, 0.1) is 5.39 Å². The number of hydrogen-bond donors (Lipinski definition) is 0. The molecular weight excluding hydrogens is 245 g/mol. The van der Waals surface area contributed by atoms with Gasteiger partial charge in [0, 0.05) is 23.1 Å². The Morgan fingerprint density at radius 2 is 2.00 bits per heavy atom. The summed E-state index contributed by atoms with van der Waals surface area (Å²) in [6.07, 6.45) is 0. The SMILES string of the molecule is N#Cc1cc(=O)c2ccccc2o1.[Se]. The first kappa shape index (κ1) is 10.5. The van der Waals surface area contributed by atoms with Gasteiger partial charge in [0.1, 0.15) is 11.7 Å². The van der Waals surface area contributed by atoms with Crippen molar-refractivity contribution in [3.05, 3.63) is 46.3 Å². The van der Waals surface area contributed by atoms with Crippen LogP contribution in [0.15, 0.2) is 39.5 Å². The second-order valence-electron chi connectivity index (χ2n) is 2.58. The monoisotopic (exact) mass is 251 g/mol. The molecule has 0 aliphatic carbocycles. The Kier molecular flexibility index (Phi) is 3.08. The van der Waals surface area contributed by atoms with Crippen LogP contribution in [0.25, 0.3) is 11.0 Å². The molecule has 2 radical (unpaired) electrons. The van der Waals surface area contributed by atoms with Crippen LogP contribution in [0.2, 0.25) is 0 Å². The zero-order valence-corrected chi connectivity index (χ0v) is 8.77. The molecule has 1 aromatic carbocycles. The van der Waals surface area contributed by atoms with E-state index >= 15 is 0 Å². The van der Waals surface area contributed by atoms with Gasteiger partial charge in [0.25, 0.3) is 0 Å². The molecule has 0 unspecified atom stereocenters. The van der Waals surface area contributed by atoms with E-state index in [0.717, 1.165) is 0 Å². The van der Waals surface area contributed by atoms with E-state index in [1.54, 1.807) is 30.3 Å². The van der Waals surface area contributed by atoms with Crippen LogP contribution in [0.4, 0.5) is 0 Å². The van der Waals surface area contributed by atoms with Gasteiger partial charge >= 0.3 is 0 Å². The average Bonchev–Trinajstić information content (AvgIpc) is 2.18. The first-order valence-corrected chi connectivity index (χ1v) is 3.74. The maximum Gasteiger partial charge on any atom is 0.207 e. The Hall–Kier alpha value is -1.56. The number of nitrogens with zero attached hydrogens (tertiary/aromatic N) is 1. The van der Waals surface area contributed by atoms with Crippen LogP contribution in [0, 0.1) is 11.3 Å². The summed E-state index contributed by atoms with van der Waals surface area (Å²) in [5, 5.41) is 9.04. The van der Waals surface area contributed by atoms with E-state index in [0.29, 0.717) is 11.0 Å². The quantitative estimate of drug-likeness (QED) is 0.662. The molecule has 0 fully saturated rings. The Morgan fingerprint density at radius 1 is 1.29 bits per heavy atom. The van der Waals surface area contributed by atoms with E-state index < -0.39 is 0 Å². The molecule has 0 amide bonds. The average molecular weight is 250 g/mol. The zero-order valence-electron chi connectivity index (χ0n) is 7.06. The van der Waals surface area contributed by atoms with Crippen molar-refractivity contribution in [3.8, 4) is 6.07 Å². The smallest absolute Gasteiger partial charge is 0.207 e. The molecule has 0 saturated heterocycles. The largest absolute Gasteiger partial charge is 0.445 e. The molecule has 0 aliphatic heterocycles. The summed E-state index contributed by atoms with van der Waals surface area (Å²) in [5.74, 6) is 0.0451. The van der Waals surface area contributed by atoms with Crippen molar-refractivity contribution < 1.29 is 4.42 Å². The molecule has 1 aromatic heterocycles. The molecule has 14 heavy (non-hydrogen) atoms. The summed E-state index contributed by atoms with van der Waals surface area (Å²) in [6.45, 7) is 0. The van der Waals surface area contributed by atoms with Gasteiger partial charge in [0.2, 0.25) is 5.76 Å². The third kappa shape index (κ3) is 1.69.